The summed E-state index contributed by atoms with van der Waals surface area (Å²) in [7, 11) is 1.52. The minimum absolute atomic E-state index is 0.0822. The molecule has 2 N–H and O–H groups in total. The maximum absolute atomic E-state index is 13.7. The topological polar surface area (TPSA) is 108 Å². The summed E-state index contributed by atoms with van der Waals surface area (Å²) in [5.74, 6) is -1.79. The van der Waals surface area contributed by atoms with Gasteiger partial charge in [0.2, 0.25) is 5.91 Å². The molecule has 3 atom stereocenters. The van der Waals surface area contributed by atoms with Gasteiger partial charge < -0.3 is 20.3 Å². The van der Waals surface area contributed by atoms with Crippen LogP contribution in [-0.2, 0) is 31.1 Å². The van der Waals surface area contributed by atoms with Crippen LogP contribution in [0.3, 0.4) is 0 Å². The molecule has 1 aliphatic carbocycles. The van der Waals surface area contributed by atoms with Crippen molar-refractivity contribution < 1.29 is 28.3 Å². The van der Waals surface area contributed by atoms with Crippen molar-refractivity contribution in [3.8, 4) is 0 Å². The molecule has 194 valence electrons. The van der Waals surface area contributed by atoms with E-state index in [2.05, 4.69) is 10.6 Å². The Morgan fingerprint density at radius 3 is 2.62 bits per heavy atom. The van der Waals surface area contributed by atoms with E-state index < -0.39 is 17.4 Å². The van der Waals surface area contributed by atoms with Crippen LogP contribution in [0.1, 0.15) is 48.9 Å². The van der Waals surface area contributed by atoms with Crippen molar-refractivity contribution in [2.24, 2.45) is 0 Å². The van der Waals surface area contributed by atoms with E-state index in [0.717, 1.165) is 22.4 Å². The summed E-state index contributed by atoms with van der Waals surface area (Å²) in [6.07, 6.45) is 2.34. The monoisotopic (exact) mass is 508 g/mol. The number of hydrogen-bond acceptors (Lipinski definition) is 5. The van der Waals surface area contributed by atoms with Crippen LogP contribution in [0.15, 0.2) is 42.5 Å². The van der Waals surface area contributed by atoms with Crippen molar-refractivity contribution in [3.63, 3.8) is 0 Å². The van der Waals surface area contributed by atoms with Gasteiger partial charge in [0, 0.05) is 18.8 Å². The molecule has 2 aromatic rings. The second-order valence-electron chi connectivity index (χ2n) is 9.77. The van der Waals surface area contributed by atoms with Crippen molar-refractivity contribution in [2.45, 2.75) is 50.3 Å². The second kappa shape index (κ2) is 9.59. The Hall–Kier alpha value is -3.79. The van der Waals surface area contributed by atoms with Crippen LogP contribution in [-0.4, -0.2) is 59.8 Å². The van der Waals surface area contributed by atoms with Crippen molar-refractivity contribution in [2.75, 3.05) is 25.5 Å². The van der Waals surface area contributed by atoms with Gasteiger partial charge in [-0.15, -0.1) is 0 Å². The summed E-state index contributed by atoms with van der Waals surface area (Å²) >= 11 is 0. The van der Waals surface area contributed by atoms with Gasteiger partial charge in [-0.1, -0.05) is 18.2 Å². The summed E-state index contributed by atoms with van der Waals surface area (Å²) in [5, 5.41) is 5.20. The molecule has 0 aromatic heterocycles. The number of ether oxygens (including phenoxy) is 1. The van der Waals surface area contributed by atoms with Gasteiger partial charge in [0.25, 0.3) is 11.8 Å². The number of fused-ring (bicyclic) bond motifs is 2. The number of amides is 5. The van der Waals surface area contributed by atoms with Crippen molar-refractivity contribution in [3.05, 3.63) is 65.0 Å². The summed E-state index contributed by atoms with van der Waals surface area (Å²) in [6.45, 7) is 1.24. The van der Waals surface area contributed by atoms with E-state index in [9.17, 15) is 23.6 Å². The molecule has 5 amide bonds. The number of urea groups is 1. The van der Waals surface area contributed by atoms with Crippen LogP contribution in [0, 0.1) is 5.82 Å². The van der Waals surface area contributed by atoms with E-state index in [-0.39, 0.29) is 43.0 Å². The number of benzene rings is 2. The van der Waals surface area contributed by atoms with E-state index >= 15 is 0 Å². The Morgan fingerprint density at radius 2 is 1.89 bits per heavy atom. The molecular formula is C27H29FN4O5. The second-order valence-corrected chi connectivity index (χ2v) is 9.77. The number of hydrogen-bond donors (Lipinski definition) is 2. The lowest BCUT2D eigenvalue weighted by Crippen LogP contribution is -2.59. The van der Waals surface area contributed by atoms with Crippen LogP contribution in [0.2, 0.25) is 0 Å². The van der Waals surface area contributed by atoms with Crippen molar-refractivity contribution in [1.29, 1.82) is 0 Å². The number of rotatable bonds is 4. The Bertz CT molecular complexity index is 1270. The molecule has 0 radical (unpaired) electrons. The average molecular weight is 509 g/mol. The van der Waals surface area contributed by atoms with Crippen LogP contribution >= 0.6 is 0 Å². The van der Waals surface area contributed by atoms with Crippen molar-refractivity contribution in [1.82, 2.24) is 15.1 Å². The largest absolute Gasteiger partial charge is 0.350 e. The van der Waals surface area contributed by atoms with Crippen LogP contribution in [0.25, 0.3) is 0 Å². The van der Waals surface area contributed by atoms with Gasteiger partial charge in [-0.2, -0.15) is 0 Å². The number of halogens is 1. The fourth-order valence-electron chi connectivity index (χ4n) is 5.73. The molecule has 3 aliphatic rings. The van der Waals surface area contributed by atoms with E-state index in [1.54, 1.807) is 35.2 Å². The number of nitrogens with zero attached hydrogens (tertiary/aromatic N) is 2. The molecule has 5 rings (SSSR count). The average Bonchev–Trinajstić information content (AvgIpc) is 3.45. The summed E-state index contributed by atoms with van der Waals surface area (Å²) < 4.78 is 19.3. The molecule has 2 saturated heterocycles. The summed E-state index contributed by atoms with van der Waals surface area (Å²) in [4.78, 5) is 54.4. The smallest absolute Gasteiger partial charge is 0.318 e. The van der Waals surface area contributed by atoms with Crippen LogP contribution in [0.5, 0.6) is 0 Å². The first-order valence-corrected chi connectivity index (χ1v) is 12.4. The van der Waals surface area contributed by atoms with E-state index in [0.29, 0.717) is 30.5 Å². The van der Waals surface area contributed by atoms with Gasteiger partial charge in [0.15, 0.2) is 5.60 Å². The number of anilines is 1. The molecule has 2 fully saturated rings. The minimum Gasteiger partial charge on any atom is -0.350 e. The van der Waals surface area contributed by atoms with E-state index in [4.69, 9.17) is 4.74 Å². The molecule has 2 heterocycles. The van der Waals surface area contributed by atoms with Gasteiger partial charge in [-0.25, -0.2) is 9.18 Å². The first-order valence-electron chi connectivity index (χ1n) is 12.4. The Morgan fingerprint density at radius 1 is 1.14 bits per heavy atom. The predicted molar refractivity (Wildman–Crippen MR) is 132 cm³/mol. The highest BCUT2D eigenvalue weighted by molar-refractivity contribution is 6.05. The number of aryl methyl sites for hydroxylation is 1. The fourth-order valence-corrected chi connectivity index (χ4v) is 5.73. The maximum Gasteiger partial charge on any atom is 0.318 e. The Labute approximate surface area is 213 Å². The molecule has 2 aromatic carbocycles. The molecular weight excluding hydrogens is 479 g/mol. The summed E-state index contributed by atoms with van der Waals surface area (Å²) in [5.41, 5.74) is 1.54. The zero-order chi connectivity index (χ0) is 26.3. The highest BCUT2D eigenvalue weighted by Gasteiger charge is 2.54. The molecule has 2 aliphatic heterocycles. The molecule has 10 heteroatoms. The quantitative estimate of drug-likeness (QED) is 0.618. The number of carbonyl (C=O) groups is 4. The molecule has 37 heavy (non-hydrogen) atoms. The van der Waals surface area contributed by atoms with Crippen molar-refractivity contribution >= 4 is 29.4 Å². The number of morpholine rings is 1. The third kappa shape index (κ3) is 4.35. The molecule has 1 spiro atoms. The highest BCUT2D eigenvalue weighted by atomic mass is 19.1. The third-order valence-corrected chi connectivity index (χ3v) is 7.61. The predicted octanol–water partition coefficient (Wildman–Crippen LogP) is 2.86. The van der Waals surface area contributed by atoms with Crippen LogP contribution < -0.4 is 10.6 Å². The van der Waals surface area contributed by atoms with Gasteiger partial charge in [0.1, 0.15) is 19.0 Å². The normalized spacial score (nSPS) is 24.9. The first-order chi connectivity index (χ1) is 17.7. The molecule has 9 nitrogen and oxygen atoms in total. The lowest BCUT2D eigenvalue weighted by molar-refractivity contribution is -0.184. The highest BCUT2D eigenvalue weighted by Crippen LogP contribution is 2.44. The fraction of sp³-hybridized carbons (Fsp3) is 0.407. The molecule has 0 saturated carbocycles. The van der Waals surface area contributed by atoms with E-state index in [1.165, 1.54) is 19.2 Å². The third-order valence-electron chi connectivity index (χ3n) is 7.61. The minimum atomic E-state index is -1.35. The van der Waals surface area contributed by atoms with Gasteiger partial charge in [-0.05, 0) is 73.6 Å². The number of carbonyl (C=O) groups excluding carboxylic acids is 4. The molecule has 0 bridgehead atoms. The zero-order valence-corrected chi connectivity index (χ0v) is 20.8. The van der Waals surface area contributed by atoms with Gasteiger partial charge in [0.05, 0.1) is 6.04 Å². The SMILES string of the molecule is CNC(=O)Nc1ccc2c(c1)CC[C@@]21OCC(=O)N(CC(=O)N2[C@@H](C)CC[C@H]2c2ccc(F)cc2)C1=O. The summed E-state index contributed by atoms with van der Waals surface area (Å²) in [6, 6.07) is 10.6. The lowest BCUT2D eigenvalue weighted by Gasteiger charge is -2.39. The molecule has 0 unspecified atom stereocenters. The van der Waals surface area contributed by atoms with Gasteiger partial charge in [-0.3, -0.25) is 19.3 Å². The lowest BCUT2D eigenvalue weighted by atomic mass is 9.92. The first kappa shape index (κ1) is 24.9. The number of likely N-dealkylation sites (tertiary alicyclic amines) is 1. The standard InChI is InChI=1S/C27H29FN4O5/c1-16-3-10-22(17-4-6-19(28)7-5-17)32(16)23(33)14-31-24(34)15-37-27(25(31)35)12-11-18-13-20(8-9-21(18)27)30-26(36)29-2/h4-9,13,16,22H,3,10-12,14-15H2,1-2H3,(H2,29,30,36)/t16-,22-,27+/m0/s1. The maximum atomic E-state index is 13.7. The van der Waals surface area contributed by atoms with E-state index in [1.807, 2.05) is 6.92 Å². The zero-order valence-electron chi connectivity index (χ0n) is 20.8. The Kier molecular flexibility index (Phi) is 6.45. The van der Waals surface area contributed by atoms with Crippen LogP contribution in [0.4, 0.5) is 14.9 Å². The van der Waals surface area contributed by atoms with Gasteiger partial charge >= 0.3 is 6.03 Å². The number of imide groups is 1. The number of nitrogens with one attached hydrogen (secondary N) is 2. The Balaban J connectivity index is 1.37.